The fourth-order valence-electron chi connectivity index (χ4n) is 2.56. The van der Waals surface area contributed by atoms with Crippen molar-refractivity contribution in [2.75, 3.05) is 18.4 Å². The quantitative estimate of drug-likeness (QED) is 0.362. The number of alkyl halides is 3. The molecule has 0 saturated carbocycles. The summed E-state index contributed by atoms with van der Waals surface area (Å²) in [6.45, 7) is -0.526. The lowest BCUT2D eigenvalue weighted by atomic mass is 10.0. The SMILES string of the molecule is C.OC[C@H]1O[C@H](O[C@]2(CCl)O[C@H](CCl)[C@@H](O)[C@@H]2O)[C@H](O)[C@@H](O)[C@H]1Cl. The normalized spacial score (nSPS) is 49.0. The summed E-state index contributed by atoms with van der Waals surface area (Å²) in [7, 11) is 0. The minimum absolute atomic E-state index is 0. The second kappa shape index (κ2) is 8.96. The molecule has 5 N–H and O–H groups in total. The molecule has 2 aliphatic rings. The molecule has 11 heteroatoms. The van der Waals surface area contributed by atoms with Crippen molar-refractivity contribution >= 4 is 34.8 Å². The molecule has 2 saturated heterocycles. The second-order valence-corrected chi connectivity index (χ2v) is 6.54. The van der Waals surface area contributed by atoms with Crippen LogP contribution >= 0.6 is 34.8 Å². The van der Waals surface area contributed by atoms with E-state index in [-0.39, 0.29) is 13.3 Å². The predicted octanol–water partition coefficient (Wildman–Crippen LogP) is -1.02. The highest BCUT2D eigenvalue weighted by atomic mass is 35.5. The Labute approximate surface area is 154 Å². The first-order valence-electron chi connectivity index (χ1n) is 6.91. The van der Waals surface area contributed by atoms with Gasteiger partial charge in [0.2, 0.25) is 5.79 Å². The highest BCUT2D eigenvalue weighted by Gasteiger charge is 2.58. The molecule has 2 rings (SSSR count). The van der Waals surface area contributed by atoms with Gasteiger partial charge < -0.3 is 39.7 Å². The number of ether oxygens (including phenoxy) is 3. The Kier molecular flexibility index (Phi) is 8.44. The molecular weight excluding hydrogens is 390 g/mol. The molecule has 9 atom stereocenters. The minimum atomic E-state index is -1.90. The van der Waals surface area contributed by atoms with E-state index >= 15 is 0 Å². The second-order valence-electron chi connectivity index (χ2n) is 5.46. The summed E-state index contributed by atoms with van der Waals surface area (Å²) in [6.07, 6.45) is -9.39. The van der Waals surface area contributed by atoms with Crippen LogP contribution in [-0.2, 0) is 14.2 Å². The molecule has 0 aliphatic carbocycles. The average molecular weight is 414 g/mol. The highest BCUT2D eigenvalue weighted by Crippen LogP contribution is 2.37. The van der Waals surface area contributed by atoms with Gasteiger partial charge in [-0.05, 0) is 0 Å². The smallest absolute Gasteiger partial charge is 0.214 e. The third-order valence-corrected chi connectivity index (χ3v) is 5.17. The number of halogens is 3. The van der Waals surface area contributed by atoms with E-state index in [4.69, 9.17) is 49.0 Å². The van der Waals surface area contributed by atoms with Crippen LogP contribution in [0.15, 0.2) is 0 Å². The van der Waals surface area contributed by atoms with Gasteiger partial charge >= 0.3 is 0 Å². The van der Waals surface area contributed by atoms with Gasteiger partial charge in [-0.25, -0.2) is 0 Å². The Morgan fingerprint density at radius 2 is 1.62 bits per heavy atom. The largest absolute Gasteiger partial charge is 0.394 e. The third-order valence-electron chi connectivity index (χ3n) is 3.96. The number of rotatable bonds is 5. The van der Waals surface area contributed by atoms with Crippen LogP contribution in [0.2, 0.25) is 0 Å². The van der Waals surface area contributed by atoms with Gasteiger partial charge in [0.05, 0.1) is 23.7 Å². The van der Waals surface area contributed by atoms with Gasteiger partial charge in [-0.3, -0.25) is 0 Å². The fraction of sp³-hybridized carbons (Fsp3) is 1.00. The predicted molar refractivity (Wildman–Crippen MR) is 86.3 cm³/mol. The summed E-state index contributed by atoms with van der Waals surface area (Å²) in [5, 5.41) is 48.1. The summed E-state index contributed by atoms with van der Waals surface area (Å²) in [6, 6.07) is 0. The third kappa shape index (κ3) is 3.94. The summed E-state index contributed by atoms with van der Waals surface area (Å²) in [5.74, 6) is -2.43. The zero-order valence-electron chi connectivity index (χ0n) is 11.8. The highest BCUT2D eigenvalue weighted by molar-refractivity contribution is 6.21. The van der Waals surface area contributed by atoms with E-state index in [1.54, 1.807) is 0 Å². The van der Waals surface area contributed by atoms with Crippen molar-refractivity contribution in [1.29, 1.82) is 0 Å². The topological polar surface area (TPSA) is 129 Å². The van der Waals surface area contributed by atoms with E-state index in [0.29, 0.717) is 0 Å². The summed E-state index contributed by atoms with van der Waals surface area (Å²) >= 11 is 17.3. The molecule has 8 nitrogen and oxygen atoms in total. The van der Waals surface area contributed by atoms with Crippen molar-refractivity contribution in [2.45, 2.75) is 61.5 Å². The van der Waals surface area contributed by atoms with Gasteiger partial charge in [0.15, 0.2) is 6.29 Å². The molecule has 0 amide bonds. The molecule has 0 aromatic rings. The number of aliphatic hydroxyl groups is 5. The molecule has 2 heterocycles. The molecule has 0 aromatic carbocycles. The molecule has 2 aliphatic heterocycles. The van der Waals surface area contributed by atoms with Crippen LogP contribution in [0.3, 0.4) is 0 Å². The first-order valence-corrected chi connectivity index (χ1v) is 8.42. The van der Waals surface area contributed by atoms with Crippen LogP contribution in [0.1, 0.15) is 7.43 Å². The lowest BCUT2D eigenvalue weighted by molar-refractivity contribution is -0.357. The molecule has 0 spiro atoms. The molecule has 0 radical (unpaired) electrons. The van der Waals surface area contributed by atoms with Crippen LogP contribution in [0, 0.1) is 0 Å². The lowest BCUT2D eigenvalue weighted by Crippen LogP contribution is -2.61. The van der Waals surface area contributed by atoms with Crippen LogP contribution in [0.4, 0.5) is 0 Å². The zero-order chi connectivity index (χ0) is 17.4. The molecule has 0 unspecified atom stereocenters. The molecule has 24 heavy (non-hydrogen) atoms. The Morgan fingerprint density at radius 1 is 1.00 bits per heavy atom. The maximum atomic E-state index is 10.1. The van der Waals surface area contributed by atoms with Crippen LogP contribution in [-0.4, -0.2) is 98.0 Å². The minimum Gasteiger partial charge on any atom is -0.394 e. The average Bonchev–Trinajstić information content (AvgIpc) is 2.80. The van der Waals surface area contributed by atoms with Crippen LogP contribution in [0.5, 0.6) is 0 Å². The van der Waals surface area contributed by atoms with E-state index in [9.17, 15) is 25.5 Å². The van der Waals surface area contributed by atoms with E-state index < -0.39 is 66.6 Å². The molecule has 0 aromatic heterocycles. The van der Waals surface area contributed by atoms with Crippen molar-refractivity contribution in [1.82, 2.24) is 0 Å². The van der Waals surface area contributed by atoms with Gasteiger partial charge in [0.1, 0.15) is 36.6 Å². The monoisotopic (exact) mass is 412 g/mol. The lowest BCUT2D eigenvalue weighted by Gasteiger charge is -2.43. The molecule has 2 fully saturated rings. The van der Waals surface area contributed by atoms with E-state index in [0.717, 1.165) is 0 Å². The first kappa shape index (κ1) is 22.6. The van der Waals surface area contributed by atoms with Crippen molar-refractivity contribution in [3.05, 3.63) is 0 Å². The first-order chi connectivity index (χ1) is 10.8. The zero-order valence-corrected chi connectivity index (χ0v) is 14.1. The molecule has 144 valence electrons. The maximum Gasteiger partial charge on any atom is 0.214 e. The van der Waals surface area contributed by atoms with Gasteiger partial charge in [-0.2, -0.15) is 0 Å². The van der Waals surface area contributed by atoms with Crippen molar-refractivity contribution in [3.63, 3.8) is 0 Å². The molecule has 0 bridgehead atoms. The fourth-order valence-corrected chi connectivity index (χ4v) is 3.37. The Balaban J connectivity index is 0.00000288. The Bertz CT molecular complexity index is 403. The Morgan fingerprint density at radius 3 is 2.08 bits per heavy atom. The summed E-state index contributed by atoms with van der Waals surface area (Å²) in [4.78, 5) is 0. The number of aliphatic hydroxyl groups excluding tert-OH is 5. The standard InChI is InChI=1S/C12H19Cl3O8.CH4/c13-1-4-7(17)10(20)12(3-14,22-4)23-11-9(19)8(18)6(15)5(2-16)21-11;/h4-11,16-20H,1-3H2;1H4/t4-,5-,6+,7-,8+,9-,10+,11-,12+;/m1./s1. The van der Waals surface area contributed by atoms with Gasteiger partial charge in [0.25, 0.3) is 0 Å². The van der Waals surface area contributed by atoms with Gasteiger partial charge in [-0.1, -0.05) is 7.43 Å². The van der Waals surface area contributed by atoms with Crippen molar-refractivity contribution in [2.24, 2.45) is 0 Å². The Hall–Kier alpha value is 0.550. The maximum absolute atomic E-state index is 10.1. The van der Waals surface area contributed by atoms with Crippen molar-refractivity contribution < 1.29 is 39.7 Å². The number of hydrogen-bond acceptors (Lipinski definition) is 8. The van der Waals surface area contributed by atoms with E-state index in [2.05, 4.69) is 0 Å². The molecular formula is C13H23Cl3O8. The number of hydrogen-bond donors (Lipinski definition) is 5. The summed E-state index contributed by atoms with van der Waals surface area (Å²) < 4.78 is 16.1. The van der Waals surface area contributed by atoms with Crippen LogP contribution in [0.25, 0.3) is 0 Å². The van der Waals surface area contributed by atoms with Gasteiger partial charge in [0, 0.05) is 0 Å². The van der Waals surface area contributed by atoms with Crippen molar-refractivity contribution in [3.8, 4) is 0 Å². The summed E-state index contributed by atoms with van der Waals surface area (Å²) in [5.41, 5.74) is 0. The van der Waals surface area contributed by atoms with E-state index in [1.165, 1.54) is 0 Å². The van der Waals surface area contributed by atoms with Gasteiger partial charge in [-0.15, -0.1) is 34.8 Å². The van der Waals surface area contributed by atoms with Crippen LogP contribution < -0.4 is 0 Å². The van der Waals surface area contributed by atoms with E-state index in [1.807, 2.05) is 0 Å².